The van der Waals surface area contributed by atoms with E-state index in [4.69, 9.17) is 4.42 Å². The van der Waals surface area contributed by atoms with Crippen molar-refractivity contribution in [2.75, 3.05) is 6.54 Å². The fourth-order valence-electron chi connectivity index (χ4n) is 4.29. The number of amides is 4. The van der Waals surface area contributed by atoms with Gasteiger partial charge in [0.15, 0.2) is 0 Å². The van der Waals surface area contributed by atoms with Gasteiger partial charge in [-0.15, -0.1) is 0 Å². The third kappa shape index (κ3) is 4.77. The third-order valence-corrected chi connectivity index (χ3v) is 6.20. The standard InChI is InChI=1S/C25H29N3O4/c1-25(15-14-19-9-4-2-5-10-19)23(30)28(24(31)26-25)18-22(29)27(17-21-13-8-16-32-21)20-11-6-3-7-12-20/h2,4-5,8-11,13,16H,3,6-7,12,14-15,17-18H2,1H3,(H,26,31). The Morgan fingerprint density at radius 1 is 1.16 bits per heavy atom. The number of urea groups is 1. The van der Waals surface area contributed by atoms with Gasteiger partial charge in [0.05, 0.1) is 12.8 Å². The van der Waals surface area contributed by atoms with Crippen molar-refractivity contribution in [2.24, 2.45) is 0 Å². The number of allylic oxidation sites excluding steroid dienone is 2. The summed E-state index contributed by atoms with van der Waals surface area (Å²) in [6, 6.07) is 12.9. The number of rotatable bonds is 8. The summed E-state index contributed by atoms with van der Waals surface area (Å²) < 4.78 is 5.44. The van der Waals surface area contributed by atoms with Gasteiger partial charge in [0.25, 0.3) is 5.91 Å². The van der Waals surface area contributed by atoms with Crippen molar-refractivity contribution < 1.29 is 18.8 Å². The lowest BCUT2D eigenvalue weighted by Crippen LogP contribution is -2.46. The van der Waals surface area contributed by atoms with Gasteiger partial charge in [-0.1, -0.05) is 36.4 Å². The van der Waals surface area contributed by atoms with Crippen LogP contribution in [0.1, 0.15) is 50.4 Å². The van der Waals surface area contributed by atoms with Crippen molar-refractivity contribution in [1.82, 2.24) is 15.1 Å². The normalized spacial score (nSPS) is 20.8. The molecular formula is C25H29N3O4. The van der Waals surface area contributed by atoms with E-state index in [1.807, 2.05) is 36.4 Å². The zero-order valence-electron chi connectivity index (χ0n) is 18.4. The van der Waals surface area contributed by atoms with Crippen LogP contribution < -0.4 is 5.32 Å². The molecule has 32 heavy (non-hydrogen) atoms. The molecule has 7 nitrogen and oxygen atoms in total. The third-order valence-electron chi connectivity index (χ3n) is 6.20. The molecule has 1 aliphatic carbocycles. The molecule has 0 saturated carbocycles. The Morgan fingerprint density at radius 2 is 1.97 bits per heavy atom. The van der Waals surface area contributed by atoms with E-state index in [1.54, 1.807) is 24.2 Å². The summed E-state index contributed by atoms with van der Waals surface area (Å²) in [5, 5.41) is 2.80. The Hall–Kier alpha value is -3.35. The van der Waals surface area contributed by atoms with Crippen molar-refractivity contribution in [3.05, 3.63) is 71.8 Å². The Balaban J connectivity index is 1.46. The molecule has 7 heteroatoms. The van der Waals surface area contributed by atoms with E-state index in [2.05, 4.69) is 11.4 Å². The molecular weight excluding hydrogens is 406 g/mol. The molecule has 1 N–H and O–H groups in total. The summed E-state index contributed by atoms with van der Waals surface area (Å²) in [6.07, 6.45) is 8.58. The molecule has 168 valence electrons. The van der Waals surface area contributed by atoms with Crippen LogP contribution in [0.5, 0.6) is 0 Å². The van der Waals surface area contributed by atoms with E-state index in [0.717, 1.165) is 41.8 Å². The average molecular weight is 436 g/mol. The number of carbonyl (C=O) groups excluding carboxylic acids is 3. The summed E-state index contributed by atoms with van der Waals surface area (Å²) in [5.41, 5.74) is 0.999. The number of nitrogens with zero attached hydrogens (tertiary/aromatic N) is 2. The van der Waals surface area contributed by atoms with Gasteiger partial charge in [0.2, 0.25) is 5.91 Å². The molecule has 2 aromatic rings. The molecule has 1 saturated heterocycles. The Kier molecular flexibility index (Phi) is 6.44. The van der Waals surface area contributed by atoms with E-state index in [-0.39, 0.29) is 24.9 Å². The predicted molar refractivity (Wildman–Crippen MR) is 119 cm³/mol. The number of furan rings is 1. The van der Waals surface area contributed by atoms with E-state index < -0.39 is 11.6 Å². The van der Waals surface area contributed by atoms with Gasteiger partial charge in [-0.3, -0.25) is 14.5 Å². The largest absolute Gasteiger partial charge is 0.467 e. The highest BCUT2D eigenvalue weighted by atomic mass is 16.3. The summed E-state index contributed by atoms with van der Waals surface area (Å²) in [5.74, 6) is 0.0161. The second-order valence-corrected chi connectivity index (χ2v) is 8.64. The fraction of sp³-hybridized carbons (Fsp3) is 0.400. The smallest absolute Gasteiger partial charge is 0.325 e. The van der Waals surface area contributed by atoms with Crippen molar-refractivity contribution in [1.29, 1.82) is 0 Å². The summed E-state index contributed by atoms with van der Waals surface area (Å²) in [7, 11) is 0. The van der Waals surface area contributed by atoms with Crippen LogP contribution in [0.15, 0.2) is 64.9 Å². The van der Waals surface area contributed by atoms with Crippen LogP contribution in [0.3, 0.4) is 0 Å². The number of hydrogen-bond donors (Lipinski definition) is 1. The van der Waals surface area contributed by atoms with Gasteiger partial charge in [-0.25, -0.2) is 4.79 Å². The van der Waals surface area contributed by atoms with Crippen LogP contribution in [0.25, 0.3) is 0 Å². The number of carbonyl (C=O) groups is 3. The Labute approximate surface area is 188 Å². The van der Waals surface area contributed by atoms with Crippen LogP contribution in [-0.2, 0) is 22.6 Å². The number of imide groups is 1. The molecule has 1 aromatic heterocycles. The summed E-state index contributed by atoms with van der Waals surface area (Å²) in [6.45, 7) is 1.72. The molecule has 2 heterocycles. The second-order valence-electron chi connectivity index (χ2n) is 8.64. The zero-order valence-corrected chi connectivity index (χ0v) is 18.4. The molecule has 2 aliphatic rings. The van der Waals surface area contributed by atoms with Gasteiger partial charge in [0, 0.05) is 5.70 Å². The molecule has 1 aromatic carbocycles. The minimum atomic E-state index is -1.02. The molecule has 0 spiro atoms. The zero-order chi connectivity index (χ0) is 22.6. The molecule has 1 fully saturated rings. The molecule has 1 atom stereocenters. The van der Waals surface area contributed by atoms with Crippen LogP contribution >= 0.6 is 0 Å². The van der Waals surface area contributed by atoms with E-state index in [9.17, 15) is 14.4 Å². The monoisotopic (exact) mass is 435 g/mol. The van der Waals surface area contributed by atoms with Crippen molar-refractivity contribution in [3.8, 4) is 0 Å². The van der Waals surface area contributed by atoms with Gasteiger partial charge in [-0.05, 0) is 63.1 Å². The summed E-state index contributed by atoms with van der Waals surface area (Å²) in [4.78, 5) is 41.8. The maximum Gasteiger partial charge on any atom is 0.325 e. The fourth-order valence-corrected chi connectivity index (χ4v) is 4.29. The molecule has 4 rings (SSSR count). The Bertz CT molecular complexity index is 999. The highest BCUT2D eigenvalue weighted by Crippen LogP contribution is 2.26. The van der Waals surface area contributed by atoms with Gasteiger partial charge in [0.1, 0.15) is 17.8 Å². The van der Waals surface area contributed by atoms with Gasteiger partial charge >= 0.3 is 6.03 Å². The SMILES string of the molecule is CC1(CCc2ccccc2)NC(=O)N(CC(=O)N(Cc2ccco2)C2=CCCCC2)C1=O. The van der Waals surface area contributed by atoms with Crippen molar-refractivity contribution in [3.63, 3.8) is 0 Å². The quantitative estimate of drug-likeness (QED) is 0.635. The van der Waals surface area contributed by atoms with Crippen LogP contribution in [0.2, 0.25) is 0 Å². The van der Waals surface area contributed by atoms with E-state index in [1.165, 1.54) is 0 Å². The minimum absolute atomic E-state index is 0.284. The minimum Gasteiger partial charge on any atom is -0.467 e. The van der Waals surface area contributed by atoms with Crippen LogP contribution in [-0.4, -0.2) is 39.7 Å². The lowest BCUT2D eigenvalue weighted by Gasteiger charge is -2.28. The van der Waals surface area contributed by atoms with Crippen LogP contribution in [0, 0.1) is 0 Å². The first kappa shape index (κ1) is 21.9. The average Bonchev–Trinajstić information content (AvgIpc) is 3.40. The highest BCUT2D eigenvalue weighted by Gasteiger charge is 2.48. The molecule has 1 aliphatic heterocycles. The first-order chi connectivity index (χ1) is 15.5. The first-order valence-corrected chi connectivity index (χ1v) is 11.2. The number of hydrogen-bond acceptors (Lipinski definition) is 4. The van der Waals surface area contributed by atoms with Crippen LogP contribution in [0.4, 0.5) is 4.79 Å². The molecule has 4 amide bonds. The number of benzene rings is 1. The maximum absolute atomic E-state index is 13.3. The number of aryl methyl sites for hydroxylation is 1. The first-order valence-electron chi connectivity index (χ1n) is 11.2. The molecule has 1 unspecified atom stereocenters. The predicted octanol–water partition coefficient (Wildman–Crippen LogP) is 4.01. The lowest BCUT2D eigenvalue weighted by molar-refractivity contribution is -0.138. The van der Waals surface area contributed by atoms with E-state index in [0.29, 0.717) is 18.6 Å². The Morgan fingerprint density at radius 3 is 2.66 bits per heavy atom. The second kappa shape index (κ2) is 9.42. The molecule has 0 radical (unpaired) electrons. The lowest BCUT2D eigenvalue weighted by atomic mass is 9.93. The van der Waals surface area contributed by atoms with Crippen molar-refractivity contribution in [2.45, 2.75) is 57.5 Å². The van der Waals surface area contributed by atoms with Gasteiger partial charge in [-0.2, -0.15) is 0 Å². The van der Waals surface area contributed by atoms with E-state index >= 15 is 0 Å². The molecule has 0 bridgehead atoms. The number of nitrogens with one attached hydrogen (secondary N) is 1. The van der Waals surface area contributed by atoms with Gasteiger partial charge < -0.3 is 14.6 Å². The topological polar surface area (TPSA) is 82.9 Å². The highest BCUT2D eigenvalue weighted by molar-refractivity contribution is 6.08. The van der Waals surface area contributed by atoms with Crippen molar-refractivity contribution >= 4 is 17.8 Å². The summed E-state index contributed by atoms with van der Waals surface area (Å²) >= 11 is 0. The maximum atomic E-state index is 13.3.